The minimum Gasteiger partial charge on any atom is -0.423 e. The van der Waals surface area contributed by atoms with E-state index >= 15 is 0 Å². The Morgan fingerprint density at radius 1 is 1.00 bits per heavy atom. The van der Waals surface area contributed by atoms with Crippen LogP contribution in [0.15, 0.2) is 36.9 Å². The molecule has 3 aliphatic carbocycles. The number of carbonyl (C=O) groups excluding carboxylic acids is 1. The first kappa shape index (κ1) is 25.1. The van der Waals surface area contributed by atoms with Crippen molar-refractivity contribution in [2.45, 2.75) is 84.0 Å². The summed E-state index contributed by atoms with van der Waals surface area (Å²) in [4.78, 5) is 13.1. The molecule has 3 saturated carbocycles. The highest BCUT2D eigenvalue weighted by Gasteiger charge is 2.43. The fourth-order valence-electron chi connectivity index (χ4n) is 7.01. The number of allylic oxidation sites excluding steroid dienone is 3. The van der Waals surface area contributed by atoms with Crippen LogP contribution in [0.3, 0.4) is 0 Å². The molecule has 0 aliphatic heterocycles. The average molecular weight is 471 g/mol. The third kappa shape index (κ3) is 5.63. The highest BCUT2D eigenvalue weighted by Crippen LogP contribution is 2.50. The zero-order valence-electron chi connectivity index (χ0n) is 20.6. The molecule has 0 aromatic heterocycles. The predicted octanol–water partition coefficient (Wildman–Crippen LogP) is 8.20. The number of rotatable bonds is 7. The van der Waals surface area contributed by atoms with E-state index in [1.54, 1.807) is 6.07 Å². The average Bonchev–Trinajstić information content (AvgIpc) is 2.87. The van der Waals surface area contributed by atoms with Crippen LogP contribution in [0, 0.1) is 47.1 Å². The summed E-state index contributed by atoms with van der Waals surface area (Å²) in [7, 11) is 0. The molecule has 0 bridgehead atoms. The number of benzene rings is 1. The molecule has 4 rings (SSSR count). The summed E-state index contributed by atoms with van der Waals surface area (Å²) in [6, 6.07) is 2.96. The van der Waals surface area contributed by atoms with Gasteiger partial charge < -0.3 is 4.74 Å². The van der Waals surface area contributed by atoms with E-state index in [9.17, 15) is 13.6 Å². The summed E-state index contributed by atoms with van der Waals surface area (Å²) in [5.74, 6) is 0.346. The fraction of sp³-hybridized carbons (Fsp3) is 0.633. The molecule has 0 saturated heterocycles. The topological polar surface area (TPSA) is 26.3 Å². The third-order valence-electron chi connectivity index (χ3n) is 8.96. The molecule has 2 nitrogen and oxygen atoms in total. The number of fused-ring (bicyclic) bond motifs is 1. The molecular weight excluding hydrogens is 430 g/mol. The zero-order valence-corrected chi connectivity index (χ0v) is 20.6. The Morgan fingerprint density at radius 3 is 2.50 bits per heavy atom. The van der Waals surface area contributed by atoms with Crippen LogP contribution in [0.1, 0.15) is 83.1 Å². The van der Waals surface area contributed by atoms with Crippen LogP contribution in [0.5, 0.6) is 5.75 Å². The Hall–Kier alpha value is -1.97. The van der Waals surface area contributed by atoms with E-state index in [0.29, 0.717) is 36.2 Å². The number of carbonyl (C=O) groups is 1. The quantitative estimate of drug-likeness (QED) is 0.228. The van der Waals surface area contributed by atoms with Gasteiger partial charge in [0.05, 0.1) is 5.92 Å². The van der Waals surface area contributed by atoms with E-state index in [0.717, 1.165) is 31.1 Å². The van der Waals surface area contributed by atoms with E-state index in [1.165, 1.54) is 51.0 Å². The highest BCUT2D eigenvalue weighted by molar-refractivity contribution is 5.75. The van der Waals surface area contributed by atoms with Gasteiger partial charge in [-0.25, -0.2) is 4.39 Å². The first-order chi connectivity index (χ1) is 16.5. The number of ether oxygens (including phenoxy) is 1. The van der Waals surface area contributed by atoms with Gasteiger partial charge in [-0.15, -0.1) is 6.58 Å². The van der Waals surface area contributed by atoms with Gasteiger partial charge in [0.1, 0.15) is 0 Å². The standard InChI is InChI=1S/C30H40F2O2/c1-3-5-6-8-22-16-18-27(29(32)28(22)31)34-30(33)26-10-7-9-24-19-23(15-17-25(24)26)21-13-11-20(4-2)12-14-21/h3-5,16,18,20-21,23-26H,2,6-15,17,19H2,1H3/b5-3+. The smallest absolute Gasteiger partial charge is 0.314 e. The molecule has 4 unspecified atom stereocenters. The first-order valence-corrected chi connectivity index (χ1v) is 13.4. The molecule has 0 radical (unpaired) electrons. The van der Waals surface area contributed by atoms with Crippen LogP contribution in [-0.2, 0) is 11.2 Å². The molecule has 4 heteroatoms. The molecule has 3 aliphatic rings. The van der Waals surface area contributed by atoms with E-state index in [-0.39, 0.29) is 17.6 Å². The molecule has 186 valence electrons. The van der Waals surface area contributed by atoms with Crippen LogP contribution in [0.2, 0.25) is 0 Å². The normalized spacial score (nSPS) is 31.7. The van der Waals surface area contributed by atoms with Gasteiger partial charge in [-0.1, -0.05) is 37.1 Å². The minimum atomic E-state index is -1.04. The maximum Gasteiger partial charge on any atom is 0.314 e. The summed E-state index contributed by atoms with van der Waals surface area (Å²) in [6.45, 7) is 5.87. The molecular formula is C30H40F2O2. The van der Waals surface area contributed by atoms with Gasteiger partial charge in [-0.2, -0.15) is 4.39 Å². The second-order valence-corrected chi connectivity index (χ2v) is 10.8. The van der Waals surface area contributed by atoms with Crippen molar-refractivity contribution in [2.75, 3.05) is 0 Å². The number of esters is 1. The maximum atomic E-state index is 14.7. The molecule has 0 amide bonds. The van der Waals surface area contributed by atoms with E-state index in [2.05, 4.69) is 12.7 Å². The molecule has 1 aromatic rings. The lowest BCUT2D eigenvalue weighted by atomic mass is 9.59. The van der Waals surface area contributed by atoms with Gasteiger partial charge in [-0.3, -0.25) is 4.79 Å². The van der Waals surface area contributed by atoms with Crippen molar-refractivity contribution in [1.82, 2.24) is 0 Å². The van der Waals surface area contributed by atoms with E-state index < -0.39 is 11.6 Å². The van der Waals surface area contributed by atoms with E-state index in [4.69, 9.17) is 4.74 Å². The molecule has 3 fully saturated rings. The van der Waals surface area contributed by atoms with Gasteiger partial charge in [0.15, 0.2) is 11.6 Å². The fourth-order valence-corrected chi connectivity index (χ4v) is 7.01. The molecule has 0 heterocycles. The lowest BCUT2D eigenvalue weighted by molar-refractivity contribution is -0.144. The Bertz CT molecular complexity index is 884. The Morgan fingerprint density at radius 2 is 1.76 bits per heavy atom. The molecule has 1 aromatic carbocycles. The monoisotopic (exact) mass is 470 g/mol. The third-order valence-corrected chi connectivity index (χ3v) is 8.96. The Balaban J connectivity index is 1.36. The van der Waals surface area contributed by atoms with Crippen LogP contribution < -0.4 is 4.74 Å². The lowest BCUT2D eigenvalue weighted by Crippen LogP contribution is -2.40. The van der Waals surface area contributed by atoms with Gasteiger partial charge >= 0.3 is 5.97 Å². The Labute approximate surface area is 203 Å². The predicted molar refractivity (Wildman–Crippen MR) is 132 cm³/mol. The van der Waals surface area contributed by atoms with Crippen molar-refractivity contribution >= 4 is 5.97 Å². The largest absolute Gasteiger partial charge is 0.423 e. The van der Waals surface area contributed by atoms with Gasteiger partial charge in [0.2, 0.25) is 5.82 Å². The maximum absolute atomic E-state index is 14.7. The first-order valence-electron chi connectivity index (χ1n) is 13.4. The summed E-state index contributed by atoms with van der Waals surface area (Å²) >= 11 is 0. The number of halogens is 2. The molecule has 4 atom stereocenters. The summed E-state index contributed by atoms with van der Waals surface area (Å²) < 4.78 is 34.7. The minimum absolute atomic E-state index is 0.201. The van der Waals surface area contributed by atoms with Gasteiger partial charge in [0, 0.05) is 0 Å². The van der Waals surface area contributed by atoms with Crippen LogP contribution >= 0.6 is 0 Å². The van der Waals surface area contributed by atoms with Crippen molar-refractivity contribution < 1.29 is 18.3 Å². The van der Waals surface area contributed by atoms with Crippen LogP contribution in [0.4, 0.5) is 8.78 Å². The van der Waals surface area contributed by atoms with Crippen molar-refractivity contribution in [2.24, 2.45) is 35.5 Å². The number of hydrogen-bond donors (Lipinski definition) is 0. The highest BCUT2D eigenvalue weighted by atomic mass is 19.2. The SMILES string of the molecule is C=CC1CCC(C2CCC3C(CCCC3C(=O)Oc3ccc(CC/C=C/C)c(F)c3F)C2)CC1. The van der Waals surface area contributed by atoms with Crippen molar-refractivity contribution in [3.8, 4) is 5.75 Å². The van der Waals surface area contributed by atoms with Crippen molar-refractivity contribution in [1.29, 1.82) is 0 Å². The van der Waals surface area contributed by atoms with Gasteiger partial charge in [0.25, 0.3) is 0 Å². The summed E-state index contributed by atoms with van der Waals surface area (Å²) in [5.41, 5.74) is 0.313. The Kier molecular flexibility index (Phi) is 8.60. The lowest BCUT2D eigenvalue weighted by Gasteiger charge is -2.45. The van der Waals surface area contributed by atoms with Crippen molar-refractivity contribution in [3.63, 3.8) is 0 Å². The van der Waals surface area contributed by atoms with E-state index in [1.807, 2.05) is 19.1 Å². The van der Waals surface area contributed by atoms with Crippen molar-refractivity contribution in [3.05, 3.63) is 54.1 Å². The van der Waals surface area contributed by atoms with Crippen LogP contribution in [0.25, 0.3) is 0 Å². The second kappa shape index (κ2) is 11.6. The second-order valence-electron chi connectivity index (χ2n) is 10.8. The van der Waals surface area contributed by atoms with Crippen LogP contribution in [-0.4, -0.2) is 5.97 Å². The van der Waals surface area contributed by atoms with Gasteiger partial charge in [-0.05, 0) is 112 Å². The number of hydrogen-bond acceptors (Lipinski definition) is 2. The zero-order chi connectivity index (χ0) is 24.1. The summed E-state index contributed by atoms with van der Waals surface area (Å²) in [6.07, 6.45) is 18.6. The molecule has 0 N–H and O–H groups in total. The number of aryl methyl sites for hydroxylation is 1. The summed E-state index contributed by atoms with van der Waals surface area (Å²) in [5, 5.41) is 0. The molecule has 0 spiro atoms. The molecule has 34 heavy (non-hydrogen) atoms.